The number of methoxy groups -OCH3 is 1. The molecule has 4 rings (SSSR count). The highest BCUT2D eigenvalue weighted by atomic mass is 35.5. The first-order valence-corrected chi connectivity index (χ1v) is 12.4. The topological polar surface area (TPSA) is 153 Å². The molecule has 0 radical (unpaired) electrons. The summed E-state index contributed by atoms with van der Waals surface area (Å²) in [6, 6.07) is 13.9. The van der Waals surface area contributed by atoms with Gasteiger partial charge in [0.15, 0.2) is 28.3 Å². The normalized spacial score (nSPS) is 11.3. The molecule has 0 atom stereocenters. The summed E-state index contributed by atoms with van der Waals surface area (Å²) >= 11 is 6.40. The van der Waals surface area contributed by atoms with Gasteiger partial charge < -0.3 is 14.6 Å². The van der Waals surface area contributed by atoms with Gasteiger partial charge in [-0.25, -0.2) is 33.1 Å². The van der Waals surface area contributed by atoms with Crippen molar-refractivity contribution >= 4 is 39.5 Å². The van der Waals surface area contributed by atoms with E-state index in [1.165, 1.54) is 49.8 Å². The molecule has 0 unspecified atom stereocenters. The fraction of sp³-hybridized carbons (Fsp3) is 0.0417. The molecule has 13 heteroatoms. The van der Waals surface area contributed by atoms with Gasteiger partial charge in [0.1, 0.15) is 0 Å². The minimum atomic E-state index is -4.15. The number of sulfonamides is 1. The Hall–Kier alpha value is -4.55. The predicted molar refractivity (Wildman–Crippen MR) is 136 cm³/mol. The maximum Gasteiger partial charge on any atom is 0.335 e. The van der Waals surface area contributed by atoms with Crippen LogP contribution in [0.4, 0.5) is 5.82 Å². The zero-order valence-corrected chi connectivity index (χ0v) is 20.6. The van der Waals surface area contributed by atoms with Crippen LogP contribution in [0.15, 0.2) is 72.4 Å². The van der Waals surface area contributed by atoms with Crippen LogP contribution in [0.5, 0.6) is 17.2 Å². The zero-order valence-electron chi connectivity index (χ0n) is 19.1. The van der Waals surface area contributed by atoms with E-state index < -0.39 is 16.0 Å². The molecular weight excluding hydrogens is 522 g/mol. The number of nitrogens with one attached hydrogen (secondary N) is 1. The van der Waals surface area contributed by atoms with Gasteiger partial charge in [-0.3, -0.25) is 4.72 Å². The van der Waals surface area contributed by atoms with E-state index in [1.54, 1.807) is 30.3 Å². The summed E-state index contributed by atoms with van der Waals surface area (Å²) in [5, 5.41) is 9.71. The van der Waals surface area contributed by atoms with E-state index in [9.17, 15) is 13.2 Å². The van der Waals surface area contributed by atoms with Crippen LogP contribution in [0, 0.1) is 0 Å². The quantitative estimate of drug-likeness (QED) is 0.290. The third-order valence-electron chi connectivity index (χ3n) is 4.71. The molecule has 188 valence electrons. The van der Waals surface area contributed by atoms with Crippen LogP contribution in [-0.4, -0.2) is 46.5 Å². The molecule has 2 aromatic carbocycles. The Labute approximate surface area is 216 Å². The minimum absolute atomic E-state index is 0.0380. The Morgan fingerprint density at radius 1 is 0.973 bits per heavy atom. The third-order valence-corrected chi connectivity index (χ3v) is 5.94. The average Bonchev–Trinajstić information content (AvgIpc) is 2.90. The standard InChI is InChI=1S/C24H18ClN5O6S/c1-35-17-5-2-3-6-18(17)36-19-20(25)28-23(22-26-12-4-13-27-22)29-21(19)30-37(33,34)14-11-15-7-9-16(10-8-15)24(31)32/h2-14H,1H3,(H,31,32)(H,28,29,30)/b14-11+. The summed E-state index contributed by atoms with van der Waals surface area (Å²) in [5.74, 6) is -0.841. The summed E-state index contributed by atoms with van der Waals surface area (Å²) in [5.41, 5.74) is 0.530. The number of carboxylic acids is 1. The highest BCUT2D eigenvalue weighted by Gasteiger charge is 2.22. The molecule has 2 N–H and O–H groups in total. The molecular formula is C24H18ClN5O6S. The van der Waals surface area contributed by atoms with E-state index in [0.29, 0.717) is 11.3 Å². The number of ether oxygens (including phenoxy) is 2. The van der Waals surface area contributed by atoms with Gasteiger partial charge >= 0.3 is 5.97 Å². The van der Waals surface area contributed by atoms with Crippen molar-refractivity contribution in [1.82, 2.24) is 19.9 Å². The number of hydrogen-bond donors (Lipinski definition) is 2. The fourth-order valence-electron chi connectivity index (χ4n) is 2.98. The van der Waals surface area contributed by atoms with Crippen LogP contribution in [0.2, 0.25) is 5.15 Å². The molecule has 2 aromatic heterocycles. The van der Waals surface area contributed by atoms with Gasteiger partial charge in [-0.1, -0.05) is 35.9 Å². The van der Waals surface area contributed by atoms with Crippen molar-refractivity contribution in [2.75, 3.05) is 11.8 Å². The lowest BCUT2D eigenvalue weighted by molar-refractivity contribution is 0.0697. The van der Waals surface area contributed by atoms with E-state index >= 15 is 0 Å². The second-order valence-electron chi connectivity index (χ2n) is 7.22. The molecule has 0 saturated heterocycles. The SMILES string of the molecule is COc1ccccc1Oc1c(Cl)nc(-c2ncccn2)nc1NS(=O)(=O)/C=C/c1ccc(C(=O)O)cc1. The molecule has 0 aliphatic rings. The smallest absolute Gasteiger partial charge is 0.335 e. The first kappa shape index (κ1) is 25.5. The van der Waals surface area contributed by atoms with Gasteiger partial charge in [0.2, 0.25) is 11.6 Å². The Kier molecular flexibility index (Phi) is 7.60. The van der Waals surface area contributed by atoms with Crippen molar-refractivity contribution in [1.29, 1.82) is 0 Å². The zero-order chi connectivity index (χ0) is 26.4. The van der Waals surface area contributed by atoms with Gasteiger partial charge in [-0.15, -0.1) is 0 Å². The number of aromatic carboxylic acids is 1. The Bertz CT molecular complexity index is 1560. The lowest BCUT2D eigenvalue weighted by Crippen LogP contribution is -2.13. The predicted octanol–water partition coefficient (Wildman–Crippen LogP) is 4.50. The Balaban J connectivity index is 1.71. The number of para-hydroxylation sites is 2. The number of carbonyl (C=O) groups is 1. The number of nitrogens with zero attached hydrogens (tertiary/aromatic N) is 4. The van der Waals surface area contributed by atoms with Gasteiger partial charge in [-0.05, 0) is 42.0 Å². The van der Waals surface area contributed by atoms with Crippen LogP contribution in [-0.2, 0) is 10.0 Å². The van der Waals surface area contributed by atoms with Crippen molar-refractivity contribution in [3.63, 3.8) is 0 Å². The summed E-state index contributed by atoms with van der Waals surface area (Å²) in [6.07, 6.45) is 4.24. The average molecular weight is 540 g/mol. The molecule has 11 nitrogen and oxygen atoms in total. The van der Waals surface area contributed by atoms with E-state index in [2.05, 4.69) is 24.7 Å². The second kappa shape index (κ2) is 11.0. The maximum absolute atomic E-state index is 12.9. The summed E-state index contributed by atoms with van der Waals surface area (Å²) < 4.78 is 39.3. The molecule has 0 aliphatic carbocycles. The Morgan fingerprint density at radius 3 is 2.30 bits per heavy atom. The molecule has 0 aliphatic heterocycles. The summed E-state index contributed by atoms with van der Waals surface area (Å²) in [6.45, 7) is 0. The third kappa shape index (κ3) is 6.37. The Morgan fingerprint density at radius 2 is 1.65 bits per heavy atom. The highest BCUT2D eigenvalue weighted by molar-refractivity contribution is 7.95. The van der Waals surface area contributed by atoms with Gasteiger partial charge in [0.05, 0.1) is 18.1 Å². The molecule has 0 amide bonds. The lowest BCUT2D eigenvalue weighted by Gasteiger charge is -2.15. The van der Waals surface area contributed by atoms with E-state index in [-0.39, 0.29) is 39.7 Å². The van der Waals surface area contributed by atoms with Gasteiger partial charge in [-0.2, -0.15) is 0 Å². The van der Waals surface area contributed by atoms with Crippen LogP contribution in [0.3, 0.4) is 0 Å². The molecule has 0 saturated carbocycles. The van der Waals surface area contributed by atoms with Crippen molar-refractivity contribution in [3.8, 4) is 28.9 Å². The first-order valence-electron chi connectivity index (χ1n) is 10.5. The van der Waals surface area contributed by atoms with E-state index in [1.807, 2.05) is 0 Å². The fourth-order valence-corrected chi connectivity index (χ4v) is 4.00. The molecule has 2 heterocycles. The van der Waals surface area contributed by atoms with Crippen LogP contribution in [0.1, 0.15) is 15.9 Å². The number of hydrogen-bond acceptors (Lipinski definition) is 9. The number of halogens is 1. The van der Waals surface area contributed by atoms with Crippen molar-refractivity contribution < 1.29 is 27.8 Å². The molecule has 0 fully saturated rings. The van der Waals surface area contributed by atoms with Gasteiger partial charge in [0.25, 0.3) is 10.0 Å². The number of carboxylic acid groups (broad SMARTS) is 1. The van der Waals surface area contributed by atoms with Gasteiger partial charge in [0, 0.05) is 12.4 Å². The van der Waals surface area contributed by atoms with Crippen molar-refractivity contribution in [2.45, 2.75) is 0 Å². The van der Waals surface area contributed by atoms with Crippen LogP contribution < -0.4 is 14.2 Å². The number of anilines is 1. The largest absolute Gasteiger partial charge is 0.493 e. The summed E-state index contributed by atoms with van der Waals surface area (Å²) in [4.78, 5) is 27.6. The monoisotopic (exact) mass is 539 g/mol. The molecule has 0 bridgehead atoms. The lowest BCUT2D eigenvalue weighted by atomic mass is 10.1. The van der Waals surface area contributed by atoms with E-state index in [4.69, 9.17) is 26.2 Å². The van der Waals surface area contributed by atoms with Crippen molar-refractivity contribution in [3.05, 3.63) is 88.7 Å². The maximum atomic E-state index is 12.9. The van der Waals surface area contributed by atoms with Crippen molar-refractivity contribution in [2.24, 2.45) is 0 Å². The number of aromatic nitrogens is 4. The number of rotatable bonds is 9. The molecule has 0 spiro atoms. The second-order valence-corrected chi connectivity index (χ2v) is 9.14. The van der Waals surface area contributed by atoms with E-state index in [0.717, 1.165) is 5.41 Å². The van der Waals surface area contributed by atoms with Crippen LogP contribution >= 0.6 is 11.6 Å². The highest BCUT2D eigenvalue weighted by Crippen LogP contribution is 2.39. The molecule has 37 heavy (non-hydrogen) atoms. The first-order chi connectivity index (χ1) is 17.8. The summed E-state index contributed by atoms with van der Waals surface area (Å²) in [7, 11) is -2.70. The van der Waals surface area contributed by atoms with Crippen LogP contribution in [0.25, 0.3) is 17.7 Å². The number of benzene rings is 2. The minimum Gasteiger partial charge on any atom is -0.493 e. The molecule has 4 aromatic rings.